The van der Waals surface area contributed by atoms with Gasteiger partial charge in [-0.05, 0) is 12.1 Å². The van der Waals surface area contributed by atoms with Crippen molar-refractivity contribution in [1.82, 2.24) is 5.32 Å². The van der Waals surface area contributed by atoms with Crippen LogP contribution in [0.4, 0.5) is 4.39 Å². The minimum atomic E-state index is -0.698. The van der Waals surface area contributed by atoms with Crippen molar-refractivity contribution < 1.29 is 9.18 Å². The van der Waals surface area contributed by atoms with E-state index in [2.05, 4.69) is 11.9 Å². The summed E-state index contributed by atoms with van der Waals surface area (Å²) in [5.74, 6) is -1.19. The predicted molar refractivity (Wildman–Crippen MR) is 53.9 cm³/mol. The molecule has 4 heteroatoms. The molecule has 0 saturated heterocycles. The normalized spacial score (nSPS) is 9.57. The summed E-state index contributed by atoms with van der Waals surface area (Å²) in [4.78, 5) is 11.3. The Morgan fingerprint density at radius 1 is 1.64 bits per heavy atom. The first-order valence-electron chi connectivity index (χ1n) is 4.00. The molecule has 0 aliphatic heterocycles. The first-order valence-corrected chi connectivity index (χ1v) is 4.37. The maximum absolute atomic E-state index is 13.3. The second-order valence-electron chi connectivity index (χ2n) is 2.60. The van der Waals surface area contributed by atoms with Crippen molar-refractivity contribution in [3.63, 3.8) is 0 Å². The summed E-state index contributed by atoms with van der Waals surface area (Å²) >= 11 is 5.52. The number of carbonyl (C=O) groups is 1. The van der Waals surface area contributed by atoms with Crippen LogP contribution >= 0.6 is 11.6 Å². The largest absolute Gasteiger partial charge is 0.348 e. The molecule has 0 aliphatic carbocycles. The Labute approximate surface area is 86.4 Å². The first-order chi connectivity index (χ1) is 6.66. The SMILES string of the molecule is C=CCNC(=O)c1cccc(Cl)c1F. The lowest BCUT2D eigenvalue weighted by Gasteiger charge is -2.04. The lowest BCUT2D eigenvalue weighted by Crippen LogP contribution is -2.24. The number of nitrogens with one attached hydrogen (secondary N) is 1. The molecule has 2 nitrogen and oxygen atoms in total. The zero-order valence-corrected chi connectivity index (χ0v) is 8.14. The molecule has 0 spiro atoms. The summed E-state index contributed by atoms with van der Waals surface area (Å²) in [5, 5.41) is 2.40. The second-order valence-corrected chi connectivity index (χ2v) is 3.01. The number of halogens is 2. The van der Waals surface area contributed by atoms with E-state index in [1.54, 1.807) is 0 Å². The fourth-order valence-corrected chi connectivity index (χ4v) is 1.11. The van der Waals surface area contributed by atoms with E-state index in [1.807, 2.05) is 0 Å². The van der Waals surface area contributed by atoms with Crippen LogP contribution in [0.25, 0.3) is 0 Å². The average Bonchev–Trinajstić information content (AvgIpc) is 2.18. The smallest absolute Gasteiger partial charge is 0.254 e. The van der Waals surface area contributed by atoms with E-state index in [9.17, 15) is 9.18 Å². The fraction of sp³-hybridized carbons (Fsp3) is 0.100. The van der Waals surface area contributed by atoms with Crippen molar-refractivity contribution in [2.24, 2.45) is 0 Å². The van der Waals surface area contributed by atoms with E-state index in [4.69, 9.17) is 11.6 Å². The van der Waals surface area contributed by atoms with Gasteiger partial charge in [0.2, 0.25) is 0 Å². The number of benzene rings is 1. The maximum Gasteiger partial charge on any atom is 0.254 e. The Kier molecular flexibility index (Phi) is 3.65. The number of amides is 1. The molecule has 0 fully saturated rings. The first kappa shape index (κ1) is 10.7. The quantitative estimate of drug-likeness (QED) is 0.768. The van der Waals surface area contributed by atoms with Crippen LogP contribution < -0.4 is 5.32 Å². The van der Waals surface area contributed by atoms with Gasteiger partial charge in [-0.3, -0.25) is 4.79 Å². The van der Waals surface area contributed by atoms with Gasteiger partial charge in [0.1, 0.15) is 0 Å². The molecule has 0 aliphatic rings. The van der Waals surface area contributed by atoms with Gasteiger partial charge in [-0.25, -0.2) is 4.39 Å². The average molecular weight is 214 g/mol. The van der Waals surface area contributed by atoms with Gasteiger partial charge in [-0.1, -0.05) is 23.7 Å². The van der Waals surface area contributed by atoms with Crippen LogP contribution in [-0.2, 0) is 0 Å². The summed E-state index contributed by atoms with van der Waals surface area (Å²) in [6.07, 6.45) is 1.51. The summed E-state index contributed by atoms with van der Waals surface area (Å²) in [7, 11) is 0. The molecule has 1 aromatic rings. The Morgan fingerprint density at radius 2 is 2.36 bits per heavy atom. The van der Waals surface area contributed by atoms with Gasteiger partial charge in [-0.2, -0.15) is 0 Å². The van der Waals surface area contributed by atoms with Gasteiger partial charge in [0.05, 0.1) is 10.6 Å². The van der Waals surface area contributed by atoms with Crippen LogP contribution in [0.5, 0.6) is 0 Å². The van der Waals surface area contributed by atoms with E-state index in [0.717, 1.165) is 0 Å². The summed E-state index contributed by atoms with van der Waals surface area (Å²) in [6, 6.07) is 4.29. The maximum atomic E-state index is 13.3. The minimum absolute atomic E-state index is 0.0562. The topological polar surface area (TPSA) is 29.1 Å². The molecule has 1 amide bonds. The van der Waals surface area contributed by atoms with Crippen LogP contribution in [-0.4, -0.2) is 12.5 Å². The summed E-state index contributed by atoms with van der Waals surface area (Å²) < 4.78 is 13.3. The number of carbonyl (C=O) groups excluding carboxylic acids is 1. The van der Waals surface area contributed by atoms with E-state index in [-0.39, 0.29) is 10.6 Å². The van der Waals surface area contributed by atoms with Crippen LogP contribution in [0.2, 0.25) is 5.02 Å². The molecule has 0 radical (unpaired) electrons. The zero-order valence-electron chi connectivity index (χ0n) is 7.39. The highest BCUT2D eigenvalue weighted by atomic mass is 35.5. The van der Waals surface area contributed by atoms with E-state index >= 15 is 0 Å². The monoisotopic (exact) mass is 213 g/mol. The number of rotatable bonds is 3. The van der Waals surface area contributed by atoms with Crippen molar-refractivity contribution >= 4 is 17.5 Å². The van der Waals surface area contributed by atoms with E-state index in [0.29, 0.717) is 6.54 Å². The van der Waals surface area contributed by atoms with Crippen molar-refractivity contribution in [3.8, 4) is 0 Å². The highest BCUT2D eigenvalue weighted by Crippen LogP contribution is 2.17. The minimum Gasteiger partial charge on any atom is -0.348 e. The Balaban J connectivity index is 2.89. The fourth-order valence-electron chi connectivity index (χ4n) is 0.939. The summed E-state index contributed by atoms with van der Waals surface area (Å²) in [5.41, 5.74) is -0.0562. The lowest BCUT2D eigenvalue weighted by atomic mass is 10.2. The molecule has 0 heterocycles. The number of hydrogen-bond donors (Lipinski definition) is 1. The van der Waals surface area contributed by atoms with Crippen LogP contribution in [0, 0.1) is 5.82 Å². The van der Waals surface area contributed by atoms with E-state index < -0.39 is 11.7 Å². The van der Waals surface area contributed by atoms with Gasteiger partial charge in [0.25, 0.3) is 5.91 Å². The molecule has 74 valence electrons. The molecule has 1 N–H and O–H groups in total. The molecular weight excluding hydrogens is 205 g/mol. The molecule has 0 aromatic heterocycles. The molecule has 0 saturated carbocycles. The van der Waals surface area contributed by atoms with Crippen LogP contribution in [0.15, 0.2) is 30.9 Å². The summed E-state index contributed by atoms with van der Waals surface area (Å²) in [6.45, 7) is 3.73. The van der Waals surface area contributed by atoms with Gasteiger partial charge in [0, 0.05) is 6.54 Å². The van der Waals surface area contributed by atoms with Gasteiger partial charge >= 0.3 is 0 Å². The Hall–Kier alpha value is -1.35. The van der Waals surface area contributed by atoms with Gasteiger partial charge in [-0.15, -0.1) is 6.58 Å². The van der Waals surface area contributed by atoms with E-state index in [1.165, 1.54) is 24.3 Å². The molecule has 0 unspecified atom stereocenters. The molecule has 0 atom stereocenters. The van der Waals surface area contributed by atoms with Crippen molar-refractivity contribution in [1.29, 1.82) is 0 Å². The van der Waals surface area contributed by atoms with Crippen LogP contribution in [0.1, 0.15) is 10.4 Å². The standard InChI is InChI=1S/C10H9ClFNO/c1-2-6-13-10(14)7-4-3-5-8(11)9(7)12/h2-5H,1,6H2,(H,13,14). The number of hydrogen-bond acceptors (Lipinski definition) is 1. The van der Waals surface area contributed by atoms with Gasteiger partial charge in [0.15, 0.2) is 5.82 Å². The zero-order chi connectivity index (χ0) is 10.6. The lowest BCUT2D eigenvalue weighted by molar-refractivity contribution is 0.0954. The van der Waals surface area contributed by atoms with Crippen LogP contribution in [0.3, 0.4) is 0 Å². The third-order valence-corrected chi connectivity index (χ3v) is 1.90. The third kappa shape index (κ3) is 2.33. The van der Waals surface area contributed by atoms with Crippen molar-refractivity contribution in [3.05, 3.63) is 47.3 Å². The highest BCUT2D eigenvalue weighted by molar-refractivity contribution is 6.31. The second kappa shape index (κ2) is 4.77. The molecular formula is C10H9ClFNO. The van der Waals surface area contributed by atoms with Crippen molar-refractivity contribution in [2.45, 2.75) is 0 Å². The van der Waals surface area contributed by atoms with Gasteiger partial charge < -0.3 is 5.32 Å². The molecule has 14 heavy (non-hydrogen) atoms. The predicted octanol–water partition coefficient (Wildman–Crippen LogP) is 2.39. The third-order valence-electron chi connectivity index (χ3n) is 1.60. The van der Waals surface area contributed by atoms with Crippen molar-refractivity contribution in [2.75, 3.05) is 6.54 Å². The highest BCUT2D eigenvalue weighted by Gasteiger charge is 2.12. The molecule has 1 rings (SSSR count). The molecule has 0 bridgehead atoms. The Bertz CT molecular complexity index is 365. The molecule has 1 aromatic carbocycles. The Morgan fingerprint density at radius 3 is 3.00 bits per heavy atom.